The highest BCUT2D eigenvalue weighted by Crippen LogP contribution is 2.19. The second kappa shape index (κ2) is 14.3. The standard InChI is InChI=1S/C26H35N3O3S/c1-4-7-10-19-32-23-12-9-8-11-22(23)24(30)28-26(33)27-21-15-13-20(14-16-21)25(31)29(17-5-2)18-6-3/h8-9,11-16H,4-7,10,17-19H2,1-3H3,(H2,27,28,30,33). The van der Waals surface area contributed by atoms with Gasteiger partial charge in [0.05, 0.1) is 12.2 Å². The second-order valence-electron chi connectivity index (χ2n) is 7.83. The van der Waals surface area contributed by atoms with E-state index in [1.54, 1.807) is 42.5 Å². The average Bonchev–Trinajstić information content (AvgIpc) is 2.82. The van der Waals surface area contributed by atoms with Crippen molar-refractivity contribution in [2.24, 2.45) is 0 Å². The van der Waals surface area contributed by atoms with Crippen LogP contribution in [0.3, 0.4) is 0 Å². The molecule has 2 N–H and O–H groups in total. The minimum atomic E-state index is -0.333. The molecule has 7 heteroatoms. The van der Waals surface area contributed by atoms with Gasteiger partial charge < -0.3 is 15.0 Å². The first-order chi connectivity index (χ1) is 16.0. The number of para-hydroxylation sites is 1. The van der Waals surface area contributed by atoms with Gasteiger partial charge in [-0.05, 0) is 67.9 Å². The van der Waals surface area contributed by atoms with Gasteiger partial charge in [-0.15, -0.1) is 0 Å². The van der Waals surface area contributed by atoms with E-state index in [1.807, 2.05) is 11.0 Å². The van der Waals surface area contributed by atoms with Crippen LogP contribution in [0.15, 0.2) is 48.5 Å². The van der Waals surface area contributed by atoms with Crippen molar-refractivity contribution in [1.29, 1.82) is 0 Å². The summed E-state index contributed by atoms with van der Waals surface area (Å²) in [5.74, 6) is 0.234. The molecule has 33 heavy (non-hydrogen) atoms. The van der Waals surface area contributed by atoms with E-state index in [0.29, 0.717) is 29.2 Å². The Hall–Kier alpha value is -2.93. The lowest BCUT2D eigenvalue weighted by Crippen LogP contribution is -2.34. The van der Waals surface area contributed by atoms with E-state index in [1.165, 1.54) is 0 Å². The number of thiocarbonyl (C=S) groups is 1. The molecule has 0 aliphatic rings. The van der Waals surface area contributed by atoms with Crippen molar-refractivity contribution < 1.29 is 14.3 Å². The van der Waals surface area contributed by atoms with E-state index in [9.17, 15) is 9.59 Å². The van der Waals surface area contributed by atoms with Gasteiger partial charge in [-0.3, -0.25) is 14.9 Å². The summed E-state index contributed by atoms with van der Waals surface area (Å²) in [6.45, 7) is 8.32. The number of amides is 2. The molecule has 0 unspecified atom stereocenters. The highest BCUT2D eigenvalue weighted by atomic mass is 32.1. The molecule has 0 heterocycles. The quantitative estimate of drug-likeness (QED) is 0.311. The van der Waals surface area contributed by atoms with Gasteiger partial charge in [-0.1, -0.05) is 45.7 Å². The molecule has 0 fully saturated rings. The summed E-state index contributed by atoms with van der Waals surface area (Å²) in [7, 11) is 0. The largest absolute Gasteiger partial charge is 0.493 e. The molecule has 0 saturated heterocycles. The molecule has 178 valence electrons. The number of carbonyl (C=O) groups excluding carboxylic acids is 2. The lowest BCUT2D eigenvalue weighted by atomic mass is 10.1. The highest BCUT2D eigenvalue weighted by Gasteiger charge is 2.15. The number of nitrogens with one attached hydrogen (secondary N) is 2. The Balaban J connectivity index is 1.95. The molecule has 2 aromatic rings. The summed E-state index contributed by atoms with van der Waals surface area (Å²) in [6, 6.07) is 14.2. The van der Waals surface area contributed by atoms with Crippen LogP contribution >= 0.6 is 12.2 Å². The Labute approximate surface area is 202 Å². The Kier molecular flexibility index (Phi) is 11.4. The van der Waals surface area contributed by atoms with Gasteiger partial charge in [0.2, 0.25) is 0 Å². The van der Waals surface area contributed by atoms with Crippen LogP contribution in [0.5, 0.6) is 5.75 Å². The van der Waals surface area contributed by atoms with Crippen LogP contribution in [0.1, 0.15) is 73.6 Å². The van der Waals surface area contributed by atoms with Crippen LogP contribution < -0.4 is 15.4 Å². The third-order valence-electron chi connectivity index (χ3n) is 5.03. The van der Waals surface area contributed by atoms with E-state index in [0.717, 1.165) is 45.2 Å². The number of nitrogens with zero attached hydrogens (tertiary/aromatic N) is 1. The fourth-order valence-electron chi connectivity index (χ4n) is 3.38. The molecule has 0 aliphatic carbocycles. The Morgan fingerprint density at radius 2 is 1.58 bits per heavy atom. The van der Waals surface area contributed by atoms with E-state index >= 15 is 0 Å². The van der Waals surface area contributed by atoms with Gasteiger partial charge in [-0.25, -0.2) is 0 Å². The number of ether oxygens (including phenoxy) is 1. The van der Waals surface area contributed by atoms with Crippen LogP contribution in [0.25, 0.3) is 0 Å². The molecular formula is C26H35N3O3S. The van der Waals surface area contributed by atoms with Crippen molar-refractivity contribution in [2.45, 2.75) is 52.9 Å². The van der Waals surface area contributed by atoms with Crippen LogP contribution in [-0.2, 0) is 0 Å². The van der Waals surface area contributed by atoms with Crippen LogP contribution in [-0.4, -0.2) is 41.5 Å². The zero-order valence-corrected chi connectivity index (χ0v) is 20.7. The highest BCUT2D eigenvalue weighted by molar-refractivity contribution is 7.80. The molecule has 0 atom stereocenters. The topological polar surface area (TPSA) is 70.7 Å². The van der Waals surface area contributed by atoms with Crippen LogP contribution in [0.2, 0.25) is 0 Å². The third kappa shape index (κ3) is 8.50. The normalized spacial score (nSPS) is 10.4. The number of rotatable bonds is 12. The van der Waals surface area contributed by atoms with Gasteiger partial charge in [0.1, 0.15) is 5.75 Å². The Morgan fingerprint density at radius 1 is 0.909 bits per heavy atom. The smallest absolute Gasteiger partial charge is 0.261 e. The van der Waals surface area contributed by atoms with Crippen molar-refractivity contribution in [3.05, 3.63) is 59.7 Å². The maximum Gasteiger partial charge on any atom is 0.261 e. The van der Waals surface area contributed by atoms with Gasteiger partial charge in [0.15, 0.2) is 5.11 Å². The fourth-order valence-corrected chi connectivity index (χ4v) is 3.59. The molecular weight excluding hydrogens is 434 g/mol. The second-order valence-corrected chi connectivity index (χ2v) is 8.24. The van der Waals surface area contributed by atoms with Gasteiger partial charge in [0, 0.05) is 24.3 Å². The van der Waals surface area contributed by atoms with E-state index < -0.39 is 0 Å². The molecule has 0 aliphatic heterocycles. The molecule has 6 nitrogen and oxygen atoms in total. The SMILES string of the molecule is CCCCCOc1ccccc1C(=O)NC(=S)Nc1ccc(C(=O)N(CCC)CCC)cc1. The van der Waals surface area contributed by atoms with Gasteiger partial charge in [0.25, 0.3) is 11.8 Å². The number of anilines is 1. The fraction of sp³-hybridized carbons (Fsp3) is 0.423. The van der Waals surface area contributed by atoms with Crippen molar-refractivity contribution in [3.8, 4) is 5.75 Å². The summed E-state index contributed by atoms with van der Waals surface area (Å²) >= 11 is 5.31. The minimum absolute atomic E-state index is 0.0247. The molecule has 2 amide bonds. The summed E-state index contributed by atoms with van der Waals surface area (Å²) in [5.41, 5.74) is 1.76. The lowest BCUT2D eigenvalue weighted by molar-refractivity contribution is 0.0755. The Bertz CT molecular complexity index is 909. The predicted molar refractivity (Wildman–Crippen MR) is 138 cm³/mol. The molecule has 0 aromatic heterocycles. The van der Waals surface area contributed by atoms with Crippen molar-refractivity contribution >= 4 is 34.8 Å². The average molecular weight is 470 g/mol. The maximum atomic E-state index is 12.7. The Morgan fingerprint density at radius 3 is 2.21 bits per heavy atom. The van der Waals surface area contributed by atoms with E-state index in [-0.39, 0.29) is 16.9 Å². The summed E-state index contributed by atoms with van der Waals surface area (Å²) in [6.07, 6.45) is 4.98. The van der Waals surface area contributed by atoms with Crippen molar-refractivity contribution in [3.63, 3.8) is 0 Å². The molecule has 2 aromatic carbocycles. The molecule has 0 radical (unpaired) electrons. The zero-order chi connectivity index (χ0) is 24.1. The van der Waals surface area contributed by atoms with Crippen LogP contribution in [0, 0.1) is 0 Å². The number of hydrogen-bond donors (Lipinski definition) is 2. The number of carbonyl (C=O) groups is 2. The number of benzene rings is 2. The van der Waals surface area contributed by atoms with Crippen LogP contribution in [0.4, 0.5) is 5.69 Å². The number of unbranched alkanes of at least 4 members (excludes halogenated alkanes) is 2. The van der Waals surface area contributed by atoms with Gasteiger partial charge >= 0.3 is 0 Å². The third-order valence-corrected chi connectivity index (χ3v) is 5.23. The molecule has 0 saturated carbocycles. The van der Waals surface area contributed by atoms with Crippen molar-refractivity contribution in [1.82, 2.24) is 10.2 Å². The lowest BCUT2D eigenvalue weighted by Gasteiger charge is -2.21. The summed E-state index contributed by atoms with van der Waals surface area (Å²) < 4.78 is 5.79. The first-order valence-corrected chi connectivity index (χ1v) is 12.1. The van der Waals surface area contributed by atoms with E-state index in [4.69, 9.17) is 17.0 Å². The van der Waals surface area contributed by atoms with Gasteiger partial charge in [-0.2, -0.15) is 0 Å². The zero-order valence-electron chi connectivity index (χ0n) is 19.9. The first-order valence-electron chi connectivity index (χ1n) is 11.7. The first kappa shape index (κ1) is 26.3. The number of hydrogen-bond acceptors (Lipinski definition) is 4. The maximum absolute atomic E-state index is 12.7. The predicted octanol–water partition coefficient (Wildman–Crippen LogP) is 5.64. The minimum Gasteiger partial charge on any atom is -0.493 e. The van der Waals surface area contributed by atoms with Crippen molar-refractivity contribution in [2.75, 3.05) is 25.0 Å². The van der Waals surface area contributed by atoms with E-state index in [2.05, 4.69) is 31.4 Å². The summed E-state index contributed by atoms with van der Waals surface area (Å²) in [5, 5.41) is 5.88. The monoisotopic (exact) mass is 469 g/mol. The molecule has 0 bridgehead atoms. The summed E-state index contributed by atoms with van der Waals surface area (Å²) in [4.78, 5) is 27.3. The molecule has 2 rings (SSSR count). The molecule has 0 spiro atoms.